The van der Waals surface area contributed by atoms with Crippen molar-refractivity contribution >= 4 is 10.0 Å². The zero-order valence-corrected chi connectivity index (χ0v) is 13.3. The van der Waals surface area contributed by atoms with Crippen molar-refractivity contribution in [1.29, 1.82) is 0 Å². The maximum absolute atomic E-state index is 12.2. The highest BCUT2D eigenvalue weighted by molar-refractivity contribution is 7.89. The van der Waals surface area contributed by atoms with Crippen LogP contribution in [0.1, 0.15) is 26.0 Å². The molecule has 6 nitrogen and oxygen atoms in total. The van der Waals surface area contributed by atoms with E-state index in [1.807, 2.05) is 18.4 Å². The van der Waals surface area contributed by atoms with Gasteiger partial charge in [0.1, 0.15) is 0 Å². The Balaban J connectivity index is 2.76. The number of ether oxygens (including phenoxy) is 1. The van der Waals surface area contributed by atoms with Gasteiger partial charge in [-0.05, 0) is 26.0 Å². The molecule has 7 heteroatoms. The van der Waals surface area contributed by atoms with E-state index < -0.39 is 10.0 Å². The normalized spacial score (nSPS) is 11.9. The average Bonchev–Trinajstić information content (AvgIpc) is 2.85. The summed E-state index contributed by atoms with van der Waals surface area (Å²) >= 11 is 0. The molecule has 0 unspecified atom stereocenters. The van der Waals surface area contributed by atoms with Crippen molar-refractivity contribution in [3.8, 4) is 0 Å². The van der Waals surface area contributed by atoms with Gasteiger partial charge in [-0.2, -0.15) is 0 Å². The quantitative estimate of drug-likeness (QED) is 0.631. The smallest absolute Gasteiger partial charge is 0.242 e. The number of nitrogens with zero attached hydrogens (tertiary/aromatic N) is 1. The third-order valence-corrected chi connectivity index (χ3v) is 4.41. The topological polar surface area (TPSA) is 72.4 Å². The summed E-state index contributed by atoms with van der Waals surface area (Å²) in [4.78, 5) is 0.324. The van der Waals surface area contributed by atoms with Gasteiger partial charge in [0.05, 0.1) is 4.90 Å². The van der Waals surface area contributed by atoms with Crippen LogP contribution >= 0.6 is 0 Å². The van der Waals surface area contributed by atoms with Crippen LogP contribution < -0.4 is 10.0 Å². The lowest BCUT2D eigenvalue weighted by molar-refractivity contribution is 0.196. The van der Waals surface area contributed by atoms with Crippen LogP contribution in [0.4, 0.5) is 0 Å². The molecule has 0 spiro atoms. The summed E-state index contributed by atoms with van der Waals surface area (Å²) in [5, 5.41) is 3.21. The first-order valence-corrected chi connectivity index (χ1v) is 8.41. The summed E-state index contributed by atoms with van der Waals surface area (Å²) in [6.45, 7) is 7.22. The summed E-state index contributed by atoms with van der Waals surface area (Å²) in [7, 11) is -1.83. The number of aryl methyl sites for hydroxylation is 1. The number of nitrogens with one attached hydrogen (secondary N) is 2. The van der Waals surface area contributed by atoms with Crippen LogP contribution in [0.25, 0.3) is 0 Å². The second-order valence-corrected chi connectivity index (χ2v) is 6.24. The first kappa shape index (κ1) is 17.2. The van der Waals surface area contributed by atoms with Crippen LogP contribution in [0.15, 0.2) is 17.2 Å². The molecule has 116 valence electrons. The van der Waals surface area contributed by atoms with Gasteiger partial charge in [-0.15, -0.1) is 0 Å². The molecule has 0 aliphatic heterocycles. The summed E-state index contributed by atoms with van der Waals surface area (Å²) in [5.41, 5.74) is 0.978. The van der Waals surface area contributed by atoms with Crippen molar-refractivity contribution < 1.29 is 13.2 Å². The summed E-state index contributed by atoms with van der Waals surface area (Å²) in [5.74, 6) is 0. The third-order valence-electron chi connectivity index (χ3n) is 2.99. The van der Waals surface area contributed by atoms with E-state index in [0.717, 1.165) is 18.8 Å². The van der Waals surface area contributed by atoms with E-state index >= 15 is 0 Å². The zero-order chi connectivity index (χ0) is 15.0. The molecular formula is C13H25N3O3S. The lowest BCUT2D eigenvalue weighted by Crippen LogP contribution is -2.25. The Morgan fingerprint density at radius 2 is 2.10 bits per heavy atom. The highest BCUT2D eigenvalue weighted by atomic mass is 32.2. The fraction of sp³-hybridized carbons (Fsp3) is 0.692. The van der Waals surface area contributed by atoms with E-state index in [4.69, 9.17) is 4.74 Å². The Morgan fingerprint density at radius 3 is 2.70 bits per heavy atom. The Morgan fingerprint density at radius 1 is 1.35 bits per heavy atom. The Hall–Kier alpha value is -0.890. The van der Waals surface area contributed by atoms with E-state index in [-0.39, 0.29) is 0 Å². The van der Waals surface area contributed by atoms with Crippen molar-refractivity contribution in [2.75, 3.05) is 26.8 Å². The van der Waals surface area contributed by atoms with Crippen molar-refractivity contribution in [3.63, 3.8) is 0 Å². The van der Waals surface area contributed by atoms with Crippen LogP contribution in [-0.4, -0.2) is 39.8 Å². The summed E-state index contributed by atoms with van der Waals surface area (Å²) in [6.07, 6.45) is 2.35. The van der Waals surface area contributed by atoms with Crippen molar-refractivity contribution in [1.82, 2.24) is 14.6 Å². The minimum Gasteiger partial charge on any atom is -0.385 e. The fourth-order valence-electron chi connectivity index (χ4n) is 1.87. The molecule has 0 saturated heterocycles. The Labute approximate surface area is 121 Å². The van der Waals surface area contributed by atoms with Gasteiger partial charge in [0, 0.05) is 45.2 Å². The molecule has 0 aliphatic rings. The summed E-state index contributed by atoms with van der Waals surface area (Å²) in [6, 6.07) is 1.73. The van der Waals surface area contributed by atoms with Gasteiger partial charge in [0.15, 0.2) is 0 Å². The SMILES string of the molecule is CCNCc1cc(S(=O)(=O)NCCCOC)cn1CC. The maximum atomic E-state index is 12.2. The van der Waals surface area contributed by atoms with Gasteiger partial charge in [-0.25, -0.2) is 13.1 Å². The van der Waals surface area contributed by atoms with Gasteiger partial charge in [-0.1, -0.05) is 6.92 Å². The Bertz CT molecular complexity index is 497. The molecule has 1 rings (SSSR count). The van der Waals surface area contributed by atoms with E-state index in [0.29, 0.717) is 31.0 Å². The average molecular weight is 303 g/mol. The van der Waals surface area contributed by atoms with E-state index in [1.54, 1.807) is 19.4 Å². The molecule has 0 saturated carbocycles. The predicted octanol–water partition coefficient (Wildman–Crippen LogP) is 0.932. The molecule has 20 heavy (non-hydrogen) atoms. The fourth-order valence-corrected chi connectivity index (χ4v) is 3.01. The molecule has 0 amide bonds. The highest BCUT2D eigenvalue weighted by Gasteiger charge is 2.17. The van der Waals surface area contributed by atoms with Crippen LogP contribution in [-0.2, 0) is 27.8 Å². The van der Waals surface area contributed by atoms with Crippen LogP contribution in [0.2, 0.25) is 0 Å². The van der Waals surface area contributed by atoms with Crippen molar-refractivity contribution in [2.45, 2.75) is 38.3 Å². The zero-order valence-electron chi connectivity index (χ0n) is 12.5. The van der Waals surface area contributed by atoms with Crippen LogP contribution in [0.3, 0.4) is 0 Å². The minimum absolute atomic E-state index is 0.324. The number of methoxy groups -OCH3 is 1. The lowest BCUT2D eigenvalue weighted by Gasteiger charge is -2.05. The third kappa shape index (κ3) is 4.90. The second kappa shape index (κ2) is 8.41. The van der Waals surface area contributed by atoms with Gasteiger partial charge in [-0.3, -0.25) is 0 Å². The first-order valence-electron chi connectivity index (χ1n) is 6.93. The maximum Gasteiger partial charge on any atom is 0.242 e. The van der Waals surface area contributed by atoms with Gasteiger partial charge in [0.25, 0.3) is 0 Å². The molecule has 0 radical (unpaired) electrons. The largest absolute Gasteiger partial charge is 0.385 e. The number of aromatic nitrogens is 1. The standard InChI is InChI=1S/C13H25N3O3S/c1-4-14-10-12-9-13(11-16(12)5-2)20(17,18)15-7-6-8-19-3/h9,11,14-15H,4-8,10H2,1-3H3. The van der Waals surface area contributed by atoms with Crippen molar-refractivity contribution in [3.05, 3.63) is 18.0 Å². The predicted molar refractivity (Wildman–Crippen MR) is 79.2 cm³/mol. The van der Waals surface area contributed by atoms with Gasteiger partial charge < -0.3 is 14.6 Å². The monoisotopic (exact) mass is 303 g/mol. The van der Waals surface area contributed by atoms with E-state index in [2.05, 4.69) is 10.0 Å². The van der Waals surface area contributed by atoms with E-state index in [1.165, 1.54) is 0 Å². The molecule has 0 fully saturated rings. The number of sulfonamides is 1. The van der Waals surface area contributed by atoms with Crippen LogP contribution in [0, 0.1) is 0 Å². The summed E-state index contributed by atoms with van der Waals surface area (Å²) < 4.78 is 33.8. The second-order valence-electron chi connectivity index (χ2n) is 4.48. The molecular weight excluding hydrogens is 278 g/mol. The molecule has 0 bridgehead atoms. The molecule has 0 aromatic carbocycles. The van der Waals surface area contributed by atoms with Gasteiger partial charge in [0.2, 0.25) is 10.0 Å². The first-order chi connectivity index (χ1) is 9.55. The lowest BCUT2D eigenvalue weighted by atomic mass is 10.4. The van der Waals surface area contributed by atoms with Crippen molar-refractivity contribution in [2.24, 2.45) is 0 Å². The highest BCUT2D eigenvalue weighted by Crippen LogP contribution is 2.14. The molecule has 1 aromatic heterocycles. The number of rotatable bonds is 10. The minimum atomic E-state index is -3.43. The van der Waals surface area contributed by atoms with E-state index in [9.17, 15) is 8.42 Å². The molecule has 1 aromatic rings. The molecule has 0 atom stereocenters. The molecule has 1 heterocycles. The number of hydrogen-bond acceptors (Lipinski definition) is 4. The van der Waals surface area contributed by atoms with Crippen LogP contribution in [0.5, 0.6) is 0 Å². The molecule has 0 aliphatic carbocycles. The Kier molecular flexibility index (Phi) is 7.22. The molecule has 2 N–H and O–H groups in total. The van der Waals surface area contributed by atoms with Gasteiger partial charge >= 0.3 is 0 Å². The number of hydrogen-bond donors (Lipinski definition) is 2.